The van der Waals surface area contributed by atoms with E-state index in [-0.39, 0.29) is 18.8 Å². The first kappa shape index (κ1) is 47.3. The molecule has 6 nitrogen and oxygen atoms in total. The molecule has 4 aliphatic carbocycles. The molecule has 2 aromatic rings. The zero-order valence-electron chi connectivity index (χ0n) is 35.6. The summed E-state index contributed by atoms with van der Waals surface area (Å²) in [6.07, 6.45) is 17.5. The molecule has 0 fully saturated rings. The van der Waals surface area contributed by atoms with Gasteiger partial charge in [0.05, 0.1) is 51.3 Å². The molecule has 1 N–H and O–H groups in total. The molecule has 0 saturated carbocycles. The van der Waals surface area contributed by atoms with Crippen LogP contribution in [0.4, 0.5) is 0 Å². The zero-order valence-corrected chi connectivity index (χ0v) is 35.6. The van der Waals surface area contributed by atoms with Crippen LogP contribution in [0, 0.1) is 0 Å². The minimum absolute atomic E-state index is 0.103. The van der Waals surface area contributed by atoms with Crippen LogP contribution >= 0.6 is 0 Å². The predicted octanol–water partition coefficient (Wildman–Crippen LogP) is 11.8. The molecule has 0 saturated heterocycles. The first-order chi connectivity index (χ1) is 27.4. The Kier molecular flexibility index (Phi) is 22.3. The molecular weight excluding hydrogens is 709 g/mol. The Hall–Kier alpha value is -4.04. The maximum Gasteiger partial charge on any atom is 0.119 e. The second-order valence-corrected chi connectivity index (χ2v) is 15.7. The van der Waals surface area contributed by atoms with Crippen molar-refractivity contribution in [2.24, 2.45) is 0 Å². The summed E-state index contributed by atoms with van der Waals surface area (Å²) in [5, 5.41) is 8.57. The Morgan fingerprint density at radius 2 is 0.895 bits per heavy atom. The van der Waals surface area contributed by atoms with E-state index in [4.69, 9.17) is 28.8 Å². The van der Waals surface area contributed by atoms with E-state index in [1.165, 1.54) is 45.4 Å². The highest BCUT2D eigenvalue weighted by Gasteiger charge is 2.18. The predicted molar refractivity (Wildman–Crippen MR) is 238 cm³/mol. The van der Waals surface area contributed by atoms with Gasteiger partial charge in [0, 0.05) is 7.11 Å². The van der Waals surface area contributed by atoms with Crippen LogP contribution in [-0.2, 0) is 18.9 Å². The Bertz CT molecular complexity index is 1660. The number of aliphatic hydroxyl groups excluding tert-OH is 1. The molecule has 310 valence electrons. The number of aliphatic hydroxyl groups is 1. The van der Waals surface area contributed by atoms with Gasteiger partial charge in [-0.05, 0) is 103 Å². The van der Waals surface area contributed by atoms with Crippen molar-refractivity contribution in [3.05, 3.63) is 161 Å². The third-order valence-corrected chi connectivity index (χ3v) is 9.80. The molecular formula is C51H70O6. The highest BCUT2D eigenvalue weighted by Crippen LogP contribution is 2.34. The largest absolute Gasteiger partial charge is 0.491 e. The average Bonchev–Trinajstić information content (AvgIpc) is 3.16. The molecule has 6 heteroatoms. The number of hydrogen-bond donors (Lipinski definition) is 1. The first-order valence-corrected chi connectivity index (χ1v) is 20.5. The molecule has 0 heterocycles. The van der Waals surface area contributed by atoms with Crippen molar-refractivity contribution in [3.63, 3.8) is 0 Å². The fourth-order valence-electron chi connectivity index (χ4n) is 7.54. The van der Waals surface area contributed by atoms with E-state index in [0.717, 1.165) is 61.8 Å². The second kappa shape index (κ2) is 26.8. The monoisotopic (exact) mass is 779 g/mol. The van der Waals surface area contributed by atoms with Crippen molar-refractivity contribution in [3.8, 4) is 5.75 Å². The number of benzene rings is 2. The van der Waals surface area contributed by atoms with Crippen LogP contribution in [-0.4, -0.2) is 70.2 Å². The van der Waals surface area contributed by atoms with Crippen LogP contribution in [0.3, 0.4) is 0 Å². The molecule has 4 atom stereocenters. The minimum atomic E-state index is 0.103. The fourth-order valence-corrected chi connectivity index (χ4v) is 7.54. The van der Waals surface area contributed by atoms with E-state index in [9.17, 15) is 0 Å². The van der Waals surface area contributed by atoms with Crippen LogP contribution in [0.15, 0.2) is 156 Å². The van der Waals surface area contributed by atoms with Gasteiger partial charge < -0.3 is 28.8 Å². The standard InChI is InChI=1S/C16H20O2.C14H16.C11H18O2.C10H16O2/c1-13-10-14(2)12-16(11-13)18-9-8-17-15-6-4-3-5-7-15;1-11-8-12(2)10-14(9-11)13-6-4-3-5-7-13;1-9-6-10(2)8-11(7-9)13-5-4-12-3;1-8-5-9(2)7-10(6-8)12-4-3-11/h3-7,10,16H,1,8-9,11-12H2,2H3;3-8,14H,1,9-10H2,2H3;6,11H,1,4-5,7-8H2,2-3H3;5,10-11H,1,3-4,6-7H2,2H3. The Labute approximate surface area is 345 Å². The normalized spacial score (nSPS) is 21.9. The van der Waals surface area contributed by atoms with Gasteiger partial charge in [-0.3, -0.25) is 0 Å². The summed E-state index contributed by atoms with van der Waals surface area (Å²) in [6, 6.07) is 20.6. The van der Waals surface area contributed by atoms with Crippen molar-refractivity contribution in [1.82, 2.24) is 0 Å². The lowest BCUT2D eigenvalue weighted by Crippen LogP contribution is -2.20. The molecule has 57 heavy (non-hydrogen) atoms. The molecule has 0 bridgehead atoms. The smallest absolute Gasteiger partial charge is 0.119 e. The summed E-state index contributed by atoms with van der Waals surface area (Å²) in [5.41, 5.74) is 11.6. The molecule has 0 aliphatic heterocycles. The quantitative estimate of drug-likeness (QED) is 0.204. The van der Waals surface area contributed by atoms with Gasteiger partial charge in [0.2, 0.25) is 0 Å². The molecule has 0 amide bonds. The zero-order chi connectivity index (χ0) is 41.4. The van der Waals surface area contributed by atoms with Crippen LogP contribution in [0.5, 0.6) is 5.75 Å². The van der Waals surface area contributed by atoms with Gasteiger partial charge in [-0.25, -0.2) is 0 Å². The van der Waals surface area contributed by atoms with Gasteiger partial charge in [0.1, 0.15) is 12.4 Å². The summed E-state index contributed by atoms with van der Waals surface area (Å²) in [6.45, 7) is 27.6. The molecule has 0 aromatic heterocycles. The molecule has 4 unspecified atom stereocenters. The summed E-state index contributed by atoms with van der Waals surface area (Å²) in [4.78, 5) is 0. The number of hydrogen-bond acceptors (Lipinski definition) is 6. The number of rotatable bonds is 13. The van der Waals surface area contributed by atoms with Gasteiger partial charge in [-0.15, -0.1) is 0 Å². The maximum absolute atomic E-state index is 8.57. The topological polar surface area (TPSA) is 66.4 Å². The number of ether oxygens (including phenoxy) is 5. The number of methoxy groups -OCH3 is 1. The van der Waals surface area contributed by atoms with Crippen molar-refractivity contribution >= 4 is 0 Å². The molecule has 2 aromatic carbocycles. The van der Waals surface area contributed by atoms with Crippen molar-refractivity contribution < 1.29 is 28.8 Å². The van der Waals surface area contributed by atoms with Gasteiger partial charge in [-0.2, -0.15) is 0 Å². The Morgan fingerprint density at radius 3 is 1.32 bits per heavy atom. The minimum Gasteiger partial charge on any atom is -0.491 e. The Balaban J connectivity index is 0.000000206. The lowest BCUT2D eigenvalue weighted by atomic mass is 9.82. The van der Waals surface area contributed by atoms with E-state index in [1.54, 1.807) is 7.11 Å². The van der Waals surface area contributed by atoms with Crippen LogP contribution < -0.4 is 4.74 Å². The third kappa shape index (κ3) is 20.3. The average molecular weight is 779 g/mol. The van der Waals surface area contributed by atoms with E-state index >= 15 is 0 Å². The van der Waals surface area contributed by atoms with Crippen molar-refractivity contribution in [1.29, 1.82) is 0 Å². The van der Waals surface area contributed by atoms with Crippen LogP contribution in [0.1, 0.15) is 90.5 Å². The van der Waals surface area contributed by atoms with E-state index in [1.807, 2.05) is 30.3 Å². The van der Waals surface area contributed by atoms with Crippen molar-refractivity contribution in [2.75, 3.05) is 46.8 Å². The highest BCUT2D eigenvalue weighted by atomic mass is 16.5. The summed E-state index contributed by atoms with van der Waals surface area (Å²) in [5.74, 6) is 1.54. The van der Waals surface area contributed by atoms with Gasteiger partial charge in [0.25, 0.3) is 0 Å². The Morgan fingerprint density at radius 1 is 0.491 bits per heavy atom. The summed E-state index contributed by atoms with van der Waals surface area (Å²) < 4.78 is 27.4. The van der Waals surface area contributed by atoms with Crippen LogP contribution in [0.2, 0.25) is 0 Å². The SMILES string of the molecule is C=C1C=C(C)CC(OCCO)C1.C=C1C=C(C)CC(OCCOC)C1.C=C1C=C(C)CC(OCCOc2ccccc2)C1.C=C1C=C(C)CC(c2ccccc2)C1. The molecule has 0 spiro atoms. The van der Waals surface area contributed by atoms with E-state index < -0.39 is 0 Å². The first-order valence-electron chi connectivity index (χ1n) is 20.5. The number of allylic oxidation sites excluding steroid dienone is 6. The lowest BCUT2D eigenvalue weighted by Gasteiger charge is -2.23. The van der Waals surface area contributed by atoms with Gasteiger partial charge in [-0.1, -0.05) is 144 Å². The second-order valence-electron chi connectivity index (χ2n) is 15.7. The van der Waals surface area contributed by atoms with Gasteiger partial charge in [0.15, 0.2) is 0 Å². The maximum atomic E-state index is 8.57. The third-order valence-electron chi connectivity index (χ3n) is 9.80. The number of para-hydroxylation sites is 1. The highest BCUT2D eigenvalue weighted by molar-refractivity contribution is 5.32. The fraction of sp³-hybridized carbons (Fsp3) is 0.451. The van der Waals surface area contributed by atoms with Gasteiger partial charge >= 0.3 is 0 Å². The summed E-state index contributed by atoms with van der Waals surface area (Å²) >= 11 is 0. The lowest BCUT2D eigenvalue weighted by molar-refractivity contribution is 0.0169. The van der Waals surface area contributed by atoms with Crippen LogP contribution in [0.25, 0.3) is 0 Å². The molecule has 0 radical (unpaired) electrons. The van der Waals surface area contributed by atoms with E-state index in [2.05, 4.69) is 109 Å². The molecule has 4 aliphatic rings. The molecule has 6 rings (SSSR count). The van der Waals surface area contributed by atoms with Crippen molar-refractivity contribution in [2.45, 2.75) is 103 Å². The van der Waals surface area contributed by atoms with E-state index in [0.29, 0.717) is 45.1 Å². The summed E-state index contributed by atoms with van der Waals surface area (Å²) in [7, 11) is 1.69.